The highest BCUT2D eigenvalue weighted by molar-refractivity contribution is 5.80. The van der Waals surface area contributed by atoms with Crippen LogP contribution in [-0.4, -0.2) is 42.5 Å². The SMILES string of the molecule is CCCC1CCN(CC(NC(C)C)C(N)=O)C1. The molecule has 2 unspecified atom stereocenters. The summed E-state index contributed by atoms with van der Waals surface area (Å²) in [4.78, 5) is 13.7. The van der Waals surface area contributed by atoms with E-state index in [2.05, 4.69) is 17.1 Å². The summed E-state index contributed by atoms with van der Waals surface area (Å²) in [5.74, 6) is 0.574. The van der Waals surface area contributed by atoms with Crippen molar-refractivity contribution < 1.29 is 4.79 Å². The van der Waals surface area contributed by atoms with Crippen LogP contribution in [0.1, 0.15) is 40.0 Å². The molecule has 1 saturated heterocycles. The van der Waals surface area contributed by atoms with Crippen molar-refractivity contribution in [2.45, 2.75) is 52.1 Å². The van der Waals surface area contributed by atoms with Crippen molar-refractivity contribution >= 4 is 5.91 Å². The lowest BCUT2D eigenvalue weighted by atomic mass is 10.0. The lowest BCUT2D eigenvalue weighted by Crippen LogP contribution is -2.50. The van der Waals surface area contributed by atoms with E-state index in [0.29, 0.717) is 6.04 Å². The summed E-state index contributed by atoms with van der Waals surface area (Å²) in [7, 11) is 0. The zero-order valence-corrected chi connectivity index (χ0v) is 11.4. The molecule has 1 fully saturated rings. The normalized spacial score (nSPS) is 23.2. The van der Waals surface area contributed by atoms with E-state index in [9.17, 15) is 4.79 Å². The lowest BCUT2D eigenvalue weighted by molar-refractivity contribution is -0.120. The second kappa shape index (κ2) is 6.97. The van der Waals surface area contributed by atoms with Crippen molar-refractivity contribution in [2.24, 2.45) is 11.7 Å². The Kier molecular flexibility index (Phi) is 5.92. The Morgan fingerprint density at radius 3 is 2.76 bits per heavy atom. The zero-order valence-electron chi connectivity index (χ0n) is 11.4. The second-order valence-electron chi connectivity index (χ2n) is 5.48. The molecule has 0 aromatic heterocycles. The minimum Gasteiger partial charge on any atom is -0.368 e. The van der Waals surface area contributed by atoms with Crippen LogP contribution in [0.2, 0.25) is 0 Å². The van der Waals surface area contributed by atoms with Gasteiger partial charge in [0, 0.05) is 19.1 Å². The zero-order chi connectivity index (χ0) is 12.8. The van der Waals surface area contributed by atoms with Crippen molar-refractivity contribution in [1.82, 2.24) is 10.2 Å². The van der Waals surface area contributed by atoms with Gasteiger partial charge in [0.15, 0.2) is 0 Å². The fourth-order valence-corrected chi connectivity index (χ4v) is 2.61. The van der Waals surface area contributed by atoms with Crippen LogP contribution in [0, 0.1) is 5.92 Å². The van der Waals surface area contributed by atoms with Crippen LogP contribution < -0.4 is 11.1 Å². The molecule has 0 bridgehead atoms. The maximum absolute atomic E-state index is 11.4. The maximum Gasteiger partial charge on any atom is 0.235 e. The molecule has 100 valence electrons. The Labute approximate surface area is 105 Å². The molecule has 2 atom stereocenters. The number of nitrogens with one attached hydrogen (secondary N) is 1. The highest BCUT2D eigenvalue weighted by atomic mass is 16.1. The third-order valence-electron chi connectivity index (χ3n) is 3.39. The first-order chi connectivity index (χ1) is 8.02. The summed E-state index contributed by atoms with van der Waals surface area (Å²) in [5, 5.41) is 3.24. The lowest BCUT2D eigenvalue weighted by Gasteiger charge is -2.24. The number of rotatable bonds is 7. The molecule has 1 rings (SSSR count). The maximum atomic E-state index is 11.4. The van der Waals surface area contributed by atoms with E-state index in [4.69, 9.17) is 5.73 Å². The van der Waals surface area contributed by atoms with E-state index < -0.39 is 0 Å². The molecule has 0 spiro atoms. The Morgan fingerprint density at radius 2 is 2.24 bits per heavy atom. The summed E-state index contributed by atoms with van der Waals surface area (Å²) in [6, 6.07) is 0.0805. The van der Waals surface area contributed by atoms with E-state index in [0.717, 1.165) is 25.6 Å². The van der Waals surface area contributed by atoms with Gasteiger partial charge in [-0.1, -0.05) is 27.2 Å². The van der Waals surface area contributed by atoms with Gasteiger partial charge in [-0.2, -0.15) is 0 Å². The van der Waals surface area contributed by atoms with Gasteiger partial charge in [0.2, 0.25) is 5.91 Å². The van der Waals surface area contributed by atoms with Crippen LogP contribution in [-0.2, 0) is 4.79 Å². The minimum atomic E-state index is -0.238. The second-order valence-corrected chi connectivity index (χ2v) is 5.48. The van der Waals surface area contributed by atoms with Crippen molar-refractivity contribution in [3.8, 4) is 0 Å². The largest absolute Gasteiger partial charge is 0.368 e. The van der Waals surface area contributed by atoms with Crippen LogP contribution in [0.3, 0.4) is 0 Å². The molecular weight excluding hydrogens is 214 g/mol. The molecule has 3 N–H and O–H groups in total. The highest BCUT2D eigenvalue weighted by Crippen LogP contribution is 2.20. The molecular formula is C13H27N3O. The predicted octanol–water partition coefficient (Wildman–Crippen LogP) is 0.960. The molecule has 1 amide bonds. The van der Waals surface area contributed by atoms with Gasteiger partial charge in [0.25, 0.3) is 0 Å². The standard InChI is InChI=1S/C13H27N3O/c1-4-5-11-6-7-16(8-11)9-12(13(14)17)15-10(2)3/h10-12,15H,4-9H2,1-3H3,(H2,14,17). The van der Waals surface area contributed by atoms with Gasteiger partial charge in [-0.05, 0) is 25.3 Å². The fourth-order valence-electron chi connectivity index (χ4n) is 2.61. The number of amides is 1. The Morgan fingerprint density at radius 1 is 1.53 bits per heavy atom. The summed E-state index contributed by atoms with van der Waals surface area (Å²) in [5.41, 5.74) is 5.43. The quantitative estimate of drug-likeness (QED) is 0.698. The number of hydrogen-bond donors (Lipinski definition) is 2. The van der Waals surface area contributed by atoms with Crippen molar-refractivity contribution in [3.05, 3.63) is 0 Å². The molecule has 0 aromatic rings. The molecule has 1 aliphatic heterocycles. The topological polar surface area (TPSA) is 58.4 Å². The molecule has 0 aliphatic carbocycles. The summed E-state index contributed by atoms with van der Waals surface area (Å²) in [6.07, 6.45) is 3.82. The molecule has 0 radical (unpaired) electrons. The van der Waals surface area contributed by atoms with Crippen LogP contribution in [0.5, 0.6) is 0 Å². The smallest absolute Gasteiger partial charge is 0.235 e. The van der Waals surface area contributed by atoms with Crippen LogP contribution in [0.4, 0.5) is 0 Å². The Bertz CT molecular complexity index is 243. The van der Waals surface area contributed by atoms with Gasteiger partial charge < -0.3 is 16.0 Å². The number of nitrogens with two attached hydrogens (primary N) is 1. The van der Waals surface area contributed by atoms with Gasteiger partial charge in [0.1, 0.15) is 0 Å². The average molecular weight is 241 g/mol. The Balaban J connectivity index is 2.38. The van der Waals surface area contributed by atoms with Crippen molar-refractivity contribution in [3.63, 3.8) is 0 Å². The first-order valence-corrected chi connectivity index (χ1v) is 6.80. The molecule has 1 heterocycles. The minimum absolute atomic E-state index is 0.213. The van der Waals surface area contributed by atoms with Gasteiger partial charge in [-0.3, -0.25) is 4.79 Å². The summed E-state index contributed by atoms with van der Waals surface area (Å²) in [6.45, 7) is 9.30. The van der Waals surface area contributed by atoms with Crippen LogP contribution in [0.25, 0.3) is 0 Å². The molecule has 17 heavy (non-hydrogen) atoms. The van der Waals surface area contributed by atoms with Gasteiger partial charge in [0.05, 0.1) is 6.04 Å². The van der Waals surface area contributed by atoms with Gasteiger partial charge in [-0.15, -0.1) is 0 Å². The molecule has 4 nitrogen and oxygen atoms in total. The summed E-state index contributed by atoms with van der Waals surface area (Å²) >= 11 is 0. The average Bonchev–Trinajstić information content (AvgIpc) is 2.64. The highest BCUT2D eigenvalue weighted by Gasteiger charge is 2.26. The van der Waals surface area contributed by atoms with Crippen molar-refractivity contribution in [1.29, 1.82) is 0 Å². The van der Waals surface area contributed by atoms with E-state index in [-0.39, 0.29) is 11.9 Å². The summed E-state index contributed by atoms with van der Waals surface area (Å²) < 4.78 is 0. The number of carbonyl (C=O) groups is 1. The van der Waals surface area contributed by atoms with Gasteiger partial charge in [-0.25, -0.2) is 0 Å². The van der Waals surface area contributed by atoms with E-state index in [1.165, 1.54) is 19.3 Å². The van der Waals surface area contributed by atoms with E-state index in [1.54, 1.807) is 0 Å². The number of nitrogens with zero attached hydrogens (tertiary/aromatic N) is 1. The number of carbonyl (C=O) groups excluding carboxylic acids is 1. The fraction of sp³-hybridized carbons (Fsp3) is 0.923. The third kappa shape index (κ3) is 5.04. The first-order valence-electron chi connectivity index (χ1n) is 6.80. The predicted molar refractivity (Wildman–Crippen MR) is 70.7 cm³/mol. The number of likely N-dealkylation sites (tertiary alicyclic amines) is 1. The van der Waals surface area contributed by atoms with Gasteiger partial charge >= 0.3 is 0 Å². The number of hydrogen-bond acceptors (Lipinski definition) is 3. The molecule has 0 aromatic carbocycles. The van der Waals surface area contributed by atoms with E-state index >= 15 is 0 Å². The Hall–Kier alpha value is -0.610. The van der Waals surface area contributed by atoms with Crippen LogP contribution in [0.15, 0.2) is 0 Å². The van der Waals surface area contributed by atoms with Crippen molar-refractivity contribution in [2.75, 3.05) is 19.6 Å². The first kappa shape index (κ1) is 14.5. The monoisotopic (exact) mass is 241 g/mol. The number of primary amides is 1. The molecule has 1 aliphatic rings. The molecule has 0 saturated carbocycles. The van der Waals surface area contributed by atoms with E-state index in [1.807, 2.05) is 13.8 Å². The third-order valence-corrected chi connectivity index (χ3v) is 3.39. The van der Waals surface area contributed by atoms with Crippen LogP contribution >= 0.6 is 0 Å². The molecule has 4 heteroatoms.